The van der Waals surface area contributed by atoms with Crippen LogP contribution in [0.2, 0.25) is 0 Å². The Bertz CT molecular complexity index is 1400. The van der Waals surface area contributed by atoms with Crippen LogP contribution < -0.4 is 15.4 Å². The van der Waals surface area contributed by atoms with Crippen LogP contribution in [0.3, 0.4) is 0 Å². The second-order valence-electron chi connectivity index (χ2n) is 8.88. The largest absolute Gasteiger partial charge is 0.354 e. The summed E-state index contributed by atoms with van der Waals surface area (Å²) in [6.07, 6.45) is 0. The maximum Gasteiger partial charge on any atom is 0.258 e. The number of fused-ring (bicyclic) bond motifs is 1. The molecule has 0 spiro atoms. The summed E-state index contributed by atoms with van der Waals surface area (Å²) in [5.74, 6) is -0.754. The molecular formula is C27H29FN4O3S. The van der Waals surface area contributed by atoms with Crippen molar-refractivity contribution in [2.75, 3.05) is 30.5 Å². The fraction of sp³-hybridized carbons (Fsp3) is 0.222. The van der Waals surface area contributed by atoms with E-state index >= 15 is 0 Å². The van der Waals surface area contributed by atoms with Gasteiger partial charge in [-0.3, -0.25) is 4.79 Å². The molecule has 7 nitrogen and oxygen atoms in total. The quantitative estimate of drug-likeness (QED) is 0.376. The lowest BCUT2D eigenvalue weighted by Crippen LogP contribution is -2.24. The van der Waals surface area contributed by atoms with Gasteiger partial charge >= 0.3 is 0 Å². The molecule has 1 aliphatic rings. The summed E-state index contributed by atoms with van der Waals surface area (Å²) in [7, 11) is 0.697. The molecule has 0 saturated carbocycles. The second-order valence-corrected chi connectivity index (χ2v) is 11.0. The van der Waals surface area contributed by atoms with E-state index in [9.17, 15) is 17.6 Å². The van der Waals surface area contributed by atoms with Crippen molar-refractivity contribution in [3.8, 4) is 0 Å². The van der Waals surface area contributed by atoms with Crippen molar-refractivity contribution in [3.05, 3.63) is 94.8 Å². The van der Waals surface area contributed by atoms with Crippen molar-refractivity contribution in [3.63, 3.8) is 0 Å². The topological polar surface area (TPSA) is 90.5 Å². The van der Waals surface area contributed by atoms with Crippen LogP contribution >= 0.6 is 0 Å². The van der Waals surface area contributed by atoms with E-state index in [1.54, 1.807) is 13.0 Å². The summed E-state index contributed by atoms with van der Waals surface area (Å²) in [6.45, 7) is 2.56. The Labute approximate surface area is 211 Å². The molecule has 0 saturated heterocycles. The zero-order valence-electron chi connectivity index (χ0n) is 20.4. The van der Waals surface area contributed by atoms with E-state index in [0.717, 1.165) is 28.9 Å². The molecule has 0 fully saturated rings. The van der Waals surface area contributed by atoms with Crippen molar-refractivity contribution in [2.45, 2.75) is 20.0 Å². The number of anilines is 2. The van der Waals surface area contributed by atoms with E-state index in [-0.39, 0.29) is 18.2 Å². The Morgan fingerprint density at radius 2 is 1.64 bits per heavy atom. The number of hydrogen-bond acceptors (Lipinski definition) is 5. The molecule has 3 aromatic rings. The summed E-state index contributed by atoms with van der Waals surface area (Å²) in [4.78, 5) is 15.1. The molecule has 0 unspecified atom stereocenters. The molecule has 36 heavy (non-hydrogen) atoms. The van der Waals surface area contributed by atoms with E-state index in [0.29, 0.717) is 22.5 Å². The molecule has 1 aliphatic heterocycles. The maximum absolute atomic E-state index is 13.8. The normalized spacial score (nSPS) is 14.5. The van der Waals surface area contributed by atoms with Crippen molar-refractivity contribution in [2.24, 2.45) is 0 Å². The third-order valence-electron chi connectivity index (χ3n) is 5.82. The summed E-state index contributed by atoms with van der Waals surface area (Å²) in [6, 6.07) is 19.5. The predicted octanol–water partition coefficient (Wildman–Crippen LogP) is 4.26. The van der Waals surface area contributed by atoms with Gasteiger partial charge in [0.25, 0.3) is 5.91 Å². The van der Waals surface area contributed by atoms with Gasteiger partial charge in [-0.1, -0.05) is 36.4 Å². The first-order valence-corrected chi connectivity index (χ1v) is 13.2. The molecule has 0 atom stereocenters. The molecule has 3 N–H and O–H groups in total. The predicted molar refractivity (Wildman–Crippen MR) is 142 cm³/mol. The minimum Gasteiger partial charge on any atom is -0.354 e. The standard InChI is InChI=1S/C27H29FN4O3S/c1-4-36(34,35)29-16-18-5-9-20(10-6-18)26(30-22-12-7-19(8-13-22)17-32(2)3)25-23-14-11-21(28)15-24(23)31-27(25)33/h5-15,29-30H,4,16-17H2,1-3H3,(H,31,33). The lowest BCUT2D eigenvalue weighted by atomic mass is 9.99. The van der Waals surface area contributed by atoms with Gasteiger partial charge in [-0.25, -0.2) is 17.5 Å². The molecule has 3 aromatic carbocycles. The fourth-order valence-corrected chi connectivity index (χ4v) is 4.55. The lowest BCUT2D eigenvalue weighted by molar-refractivity contribution is -0.110. The minimum absolute atomic E-state index is 0.00764. The number of sulfonamides is 1. The molecule has 188 valence electrons. The molecule has 0 bridgehead atoms. The number of nitrogens with zero attached hydrogens (tertiary/aromatic N) is 1. The minimum atomic E-state index is -3.31. The Morgan fingerprint density at radius 1 is 0.972 bits per heavy atom. The molecule has 0 aromatic heterocycles. The third kappa shape index (κ3) is 5.99. The average molecular weight is 509 g/mol. The van der Waals surface area contributed by atoms with Crippen LogP contribution in [0.15, 0.2) is 66.7 Å². The van der Waals surface area contributed by atoms with Gasteiger partial charge in [-0.15, -0.1) is 0 Å². The first kappa shape index (κ1) is 25.6. The fourth-order valence-electron chi connectivity index (χ4n) is 3.96. The molecule has 9 heteroatoms. The third-order valence-corrected chi connectivity index (χ3v) is 7.16. The Kier molecular flexibility index (Phi) is 7.53. The molecule has 1 amide bonds. The molecule has 0 aliphatic carbocycles. The Hall–Kier alpha value is -3.53. The highest BCUT2D eigenvalue weighted by Gasteiger charge is 2.29. The zero-order chi connectivity index (χ0) is 25.9. The van der Waals surface area contributed by atoms with E-state index < -0.39 is 15.8 Å². The number of carbonyl (C=O) groups excluding carboxylic acids is 1. The molecule has 4 rings (SSSR count). The van der Waals surface area contributed by atoms with Gasteiger partial charge in [0.05, 0.1) is 22.7 Å². The molecule has 1 heterocycles. The number of benzene rings is 3. The van der Waals surface area contributed by atoms with Crippen LogP contribution in [0, 0.1) is 5.82 Å². The summed E-state index contributed by atoms with van der Waals surface area (Å²) in [5.41, 5.74) is 5.46. The molecular weight excluding hydrogens is 479 g/mol. The van der Waals surface area contributed by atoms with E-state index in [1.165, 1.54) is 12.1 Å². The summed E-state index contributed by atoms with van der Waals surface area (Å²) < 4.78 is 39.9. The van der Waals surface area contributed by atoms with Gasteiger partial charge < -0.3 is 15.5 Å². The summed E-state index contributed by atoms with van der Waals surface area (Å²) in [5, 5.41) is 6.14. The Balaban J connectivity index is 1.72. The maximum atomic E-state index is 13.8. The van der Waals surface area contributed by atoms with Crippen molar-refractivity contribution < 1.29 is 17.6 Å². The van der Waals surface area contributed by atoms with Crippen LogP contribution in [0.4, 0.5) is 15.8 Å². The monoisotopic (exact) mass is 508 g/mol. The Morgan fingerprint density at radius 3 is 2.28 bits per heavy atom. The molecule has 0 radical (unpaired) electrons. The first-order valence-electron chi connectivity index (χ1n) is 11.6. The van der Waals surface area contributed by atoms with E-state index in [4.69, 9.17) is 0 Å². The number of nitrogens with one attached hydrogen (secondary N) is 3. The van der Waals surface area contributed by atoms with Crippen molar-refractivity contribution in [1.29, 1.82) is 0 Å². The summed E-state index contributed by atoms with van der Waals surface area (Å²) >= 11 is 0. The first-order chi connectivity index (χ1) is 17.1. The van der Waals surface area contributed by atoms with Gasteiger partial charge in [0.15, 0.2) is 0 Å². The van der Waals surface area contributed by atoms with Crippen LogP contribution in [0.25, 0.3) is 11.3 Å². The SMILES string of the molecule is CCS(=O)(=O)NCc1ccc(C(Nc2ccc(CN(C)C)cc2)=C2C(=O)Nc3cc(F)ccc32)cc1. The lowest BCUT2D eigenvalue weighted by Gasteiger charge is -2.16. The smallest absolute Gasteiger partial charge is 0.258 e. The highest BCUT2D eigenvalue weighted by Crippen LogP contribution is 2.38. The number of amides is 1. The van der Waals surface area contributed by atoms with Crippen LogP contribution in [-0.2, 0) is 27.9 Å². The zero-order valence-corrected chi connectivity index (χ0v) is 21.2. The van der Waals surface area contributed by atoms with Gasteiger partial charge in [0, 0.05) is 24.3 Å². The van der Waals surface area contributed by atoms with Gasteiger partial charge in [-0.2, -0.15) is 0 Å². The van der Waals surface area contributed by atoms with Crippen LogP contribution in [0.5, 0.6) is 0 Å². The van der Waals surface area contributed by atoms with E-state index in [1.807, 2.05) is 62.6 Å². The highest BCUT2D eigenvalue weighted by molar-refractivity contribution is 7.89. The van der Waals surface area contributed by atoms with E-state index in [2.05, 4.69) is 20.3 Å². The number of hydrogen-bond donors (Lipinski definition) is 3. The van der Waals surface area contributed by atoms with Crippen LogP contribution in [-0.4, -0.2) is 39.1 Å². The average Bonchev–Trinajstić information content (AvgIpc) is 3.17. The highest BCUT2D eigenvalue weighted by atomic mass is 32.2. The van der Waals surface area contributed by atoms with Gasteiger partial charge in [0.2, 0.25) is 10.0 Å². The van der Waals surface area contributed by atoms with Gasteiger partial charge in [0.1, 0.15) is 5.82 Å². The number of halogens is 1. The van der Waals surface area contributed by atoms with Crippen molar-refractivity contribution in [1.82, 2.24) is 9.62 Å². The van der Waals surface area contributed by atoms with Gasteiger partial charge in [-0.05, 0) is 68.0 Å². The number of carbonyl (C=O) groups is 1. The van der Waals surface area contributed by atoms with Crippen LogP contribution in [0.1, 0.15) is 29.2 Å². The second kappa shape index (κ2) is 10.6. The van der Waals surface area contributed by atoms with Crippen molar-refractivity contribution >= 4 is 38.6 Å². The number of rotatable bonds is 9.